The monoisotopic (exact) mass is 434 g/mol. The summed E-state index contributed by atoms with van der Waals surface area (Å²) in [6.07, 6.45) is 1.51. The van der Waals surface area contributed by atoms with Gasteiger partial charge in [-0.05, 0) is 37.5 Å². The fourth-order valence-corrected chi connectivity index (χ4v) is 3.05. The van der Waals surface area contributed by atoms with Gasteiger partial charge in [0, 0.05) is 32.3 Å². The normalized spacial score (nSPS) is 14.5. The Hall–Kier alpha value is -2.98. The molecule has 0 aromatic heterocycles. The van der Waals surface area contributed by atoms with Gasteiger partial charge in [-0.1, -0.05) is 12.1 Å². The third-order valence-corrected chi connectivity index (χ3v) is 4.80. The van der Waals surface area contributed by atoms with E-state index in [2.05, 4.69) is 10.5 Å². The molecular formula is C21H30N4O6. The highest BCUT2D eigenvalue weighted by Crippen LogP contribution is 2.12. The van der Waals surface area contributed by atoms with E-state index >= 15 is 0 Å². The largest absolute Gasteiger partial charge is 0.449 e. The second-order valence-electron chi connectivity index (χ2n) is 7.04. The van der Waals surface area contributed by atoms with E-state index in [4.69, 9.17) is 9.47 Å². The maximum atomic E-state index is 13.0. The first kappa shape index (κ1) is 24.3. The molecular weight excluding hydrogens is 404 g/mol. The fourth-order valence-electron chi connectivity index (χ4n) is 3.05. The van der Waals surface area contributed by atoms with Crippen LogP contribution in [0.2, 0.25) is 0 Å². The van der Waals surface area contributed by atoms with E-state index in [-0.39, 0.29) is 37.6 Å². The number of benzene rings is 1. The van der Waals surface area contributed by atoms with Crippen LogP contribution >= 0.6 is 0 Å². The average Bonchev–Trinajstić information content (AvgIpc) is 2.77. The summed E-state index contributed by atoms with van der Waals surface area (Å²) in [5.74, 6) is -0.430. The van der Waals surface area contributed by atoms with Crippen molar-refractivity contribution in [2.45, 2.75) is 25.9 Å². The second-order valence-corrected chi connectivity index (χ2v) is 7.04. The van der Waals surface area contributed by atoms with Gasteiger partial charge < -0.3 is 24.4 Å². The highest BCUT2D eigenvalue weighted by atomic mass is 16.5. The molecule has 0 aliphatic carbocycles. The quantitative estimate of drug-likeness (QED) is 0.439. The Labute approximate surface area is 181 Å². The molecule has 10 heteroatoms. The van der Waals surface area contributed by atoms with Crippen LogP contribution in [0.5, 0.6) is 0 Å². The number of carbonyl (C=O) groups is 3. The number of aliphatic hydroxyl groups excluding tert-OH is 1. The van der Waals surface area contributed by atoms with Crippen molar-refractivity contribution >= 4 is 24.1 Å². The minimum atomic E-state index is -0.646. The van der Waals surface area contributed by atoms with Gasteiger partial charge >= 0.3 is 6.09 Å². The van der Waals surface area contributed by atoms with E-state index in [1.807, 2.05) is 0 Å². The fraction of sp³-hybridized carbons (Fsp3) is 0.524. The maximum absolute atomic E-state index is 13.0. The molecule has 2 N–H and O–H groups in total. The van der Waals surface area contributed by atoms with Crippen molar-refractivity contribution in [2.75, 3.05) is 46.5 Å². The Bertz CT molecular complexity index is 760. The molecule has 31 heavy (non-hydrogen) atoms. The Kier molecular flexibility index (Phi) is 9.92. The van der Waals surface area contributed by atoms with Gasteiger partial charge in [-0.2, -0.15) is 5.10 Å². The molecule has 0 saturated carbocycles. The van der Waals surface area contributed by atoms with Crippen LogP contribution < -0.4 is 5.43 Å². The number of methoxy groups -OCH3 is 1. The van der Waals surface area contributed by atoms with Gasteiger partial charge in [0.25, 0.3) is 5.91 Å². The number of nitrogens with one attached hydrogen (secondary N) is 1. The average molecular weight is 434 g/mol. The number of hydrogen-bond donors (Lipinski definition) is 2. The lowest BCUT2D eigenvalue weighted by molar-refractivity contribution is -0.134. The summed E-state index contributed by atoms with van der Waals surface area (Å²) in [7, 11) is 1.54. The van der Waals surface area contributed by atoms with Crippen LogP contribution in [0.3, 0.4) is 0 Å². The summed E-state index contributed by atoms with van der Waals surface area (Å²) in [6, 6.07) is 6.64. The topological polar surface area (TPSA) is 121 Å². The van der Waals surface area contributed by atoms with Gasteiger partial charge in [0.05, 0.1) is 25.5 Å². The highest BCUT2D eigenvalue weighted by Gasteiger charge is 2.25. The Balaban J connectivity index is 1.99. The predicted octanol–water partition coefficient (Wildman–Crippen LogP) is 0.839. The van der Waals surface area contributed by atoms with Crippen LogP contribution in [0.1, 0.15) is 35.7 Å². The van der Waals surface area contributed by atoms with Crippen LogP contribution in [0.4, 0.5) is 4.79 Å². The van der Waals surface area contributed by atoms with Crippen molar-refractivity contribution < 1.29 is 29.0 Å². The zero-order valence-electron chi connectivity index (χ0n) is 18.0. The first-order chi connectivity index (χ1) is 14.9. The lowest BCUT2D eigenvalue weighted by Gasteiger charge is -2.32. The SMILES string of the molecule is CCOC(=O)NN=Cc1ccc(C(=O)N(CCOC)CC(=O)N2CCC(O)CC2)cc1. The standard InChI is InChI=1S/C21H30N4O6/c1-3-31-21(29)23-22-14-16-4-6-17(7-5-16)20(28)25(12-13-30-2)15-19(27)24-10-8-18(26)9-11-24/h4-7,14,18,26H,3,8-13,15H2,1-2H3,(H,23,29). The molecule has 0 unspecified atom stereocenters. The zero-order valence-corrected chi connectivity index (χ0v) is 18.0. The third kappa shape index (κ3) is 7.99. The molecule has 3 amide bonds. The van der Waals surface area contributed by atoms with Crippen molar-refractivity contribution in [1.82, 2.24) is 15.2 Å². The maximum Gasteiger partial charge on any atom is 0.427 e. The van der Waals surface area contributed by atoms with Crippen LogP contribution in [0.15, 0.2) is 29.4 Å². The van der Waals surface area contributed by atoms with Crippen LogP contribution in [0.25, 0.3) is 0 Å². The molecule has 1 aromatic rings. The van der Waals surface area contributed by atoms with Crippen LogP contribution in [-0.4, -0.2) is 91.6 Å². The number of likely N-dealkylation sites (tertiary alicyclic amines) is 1. The van der Waals surface area contributed by atoms with E-state index in [0.717, 1.165) is 0 Å². The molecule has 10 nitrogen and oxygen atoms in total. The highest BCUT2D eigenvalue weighted by molar-refractivity contribution is 5.97. The molecule has 1 fully saturated rings. The van der Waals surface area contributed by atoms with E-state index in [1.165, 1.54) is 18.2 Å². The number of hydrogen-bond acceptors (Lipinski definition) is 7. The smallest absolute Gasteiger partial charge is 0.427 e. The molecule has 0 atom stereocenters. The van der Waals surface area contributed by atoms with Crippen molar-refractivity contribution in [3.05, 3.63) is 35.4 Å². The van der Waals surface area contributed by atoms with Gasteiger partial charge in [0.2, 0.25) is 5.91 Å². The van der Waals surface area contributed by atoms with Crippen molar-refractivity contribution in [3.8, 4) is 0 Å². The summed E-state index contributed by atoms with van der Waals surface area (Å²) >= 11 is 0. The molecule has 1 aliphatic rings. The van der Waals surface area contributed by atoms with E-state index in [1.54, 1.807) is 36.1 Å². The van der Waals surface area contributed by atoms with E-state index in [9.17, 15) is 19.5 Å². The third-order valence-electron chi connectivity index (χ3n) is 4.80. The number of rotatable bonds is 9. The van der Waals surface area contributed by atoms with Crippen molar-refractivity contribution in [2.24, 2.45) is 5.10 Å². The van der Waals surface area contributed by atoms with Gasteiger partial charge in [-0.15, -0.1) is 0 Å². The second kappa shape index (κ2) is 12.7. The van der Waals surface area contributed by atoms with Crippen molar-refractivity contribution in [1.29, 1.82) is 0 Å². The Morgan fingerprint density at radius 1 is 1.26 bits per heavy atom. The number of amides is 3. The van der Waals surface area contributed by atoms with Gasteiger partial charge in [0.1, 0.15) is 6.54 Å². The lowest BCUT2D eigenvalue weighted by Crippen LogP contribution is -2.47. The molecule has 1 aromatic carbocycles. The zero-order chi connectivity index (χ0) is 22.6. The summed E-state index contributed by atoms with van der Waals surface area (Å²) in [5.41, 5.74) is 3.33. The molecule has 1 heterocycles. The molecule has 2 rings (SSSR count). The molecule has 1 saturated heterocycles. The molecule has 0 bridgehead atoms. The van der Waals surface area contributed by atoms with E-state index in [0.29, 0.717) is 43.7 Å². The van der Waals surface area contributed by atoms with Crippen LogP contribution in [-0.2, 0) is 14.3 Å². The summed E-state index contributed by atoms with van der Waals surface area (Å²) < 4.78 is 9.79. The lowest BCUT2D eigenvalue weighted by atomic mass is 10.1. The van der Waals surface area contributed by atoms with Gasteiger partial charge in [-0.25, -0.2) is 10.2 Å². The minimum Gasteiger partial charge on any atom is -0.449 e. The number of ether oxygens (including phenoxy) is 2. The summed E-state index contributed by atoms with van der Waals surface area (Å²) in [6.45, 7) is 3.46. The molecule has 170 valence electrons. The number of nitrogens with zero attached hydrogens (tertiary/aromatic N) is 3. The summed E-state index contributed by atoms with van der Waals surface area (Å²) in [4.78, 5) is 39.9. The first-order valence-corrected chi connectivity index (χ1v) is 10.2. The predicted molar refractivity (Wildman–Crippen MR) is 114 cm³/mol. The van der Waals surface area contributed by atoms with Gasteiger partial charge in [-0.3, -0.25) is 9.59 Å². The van der Waals surface area contributed by atoms with Crippen molar-refractivity contribution in [3.63, 3.8) is 0 Å². The molecule has 0 radical (unpaired) electrons. The number of carbonyl (C=O) groups excluding carboxylic acids is 3. The van der Waals surface area contributed by atoms with Crippen LogP contribution in [0, 0.1) is 0 Å². The van der Waals surface area contributed by atoms with E-state index < -0.39 is 6.09 Å². The molecule has 0 spiro atoms. The molecule has 1 aliphatic heterocycles. The Morgan fingerprint density at radius 3 is 2.55 bits per heavy atom. The first-order valence-electron chi connectivity index (χ1n) is 10.2. The Morgan fingerprint density at radius 2 is 1.94 bits per heavy atom. The minimum absolute atomic E-state index is 0.0506. The number of piperidine rings is 1. The number of aliphatic hydroxyl groups is 1. The number of hydrazone groups is 1. The summed E-state index contributed by atoms with van der Waals surface area (Å²) in [5, 5.41) is 13.4. The van der Waals surface area contributed by atoms with Gasteiger partial charge in [0.15, 0.2) is 0 Å².